The van der Waals surface area contributed by atoms with Crippen molar-refractivity contribution in [2.24, 2.45) is 0 Å². The molecule has 0 bridgehead atoms. The van der Waals surface area contributed by atoms with E-state index in [2.05, 4.69) is 57.7 Å². The smallest absolute Gasteiger partial charge is 0.123 e. The van der Waals surface area contributed by atoms with Crippen molar-refractivity contribution < 1.29 is 0 Å². The Morgan fingerprint density at radius 1 is 1.00 bits per heavy atom. The highest BCUT2D eigenvalue weighted by atomic mass is 15.0. The third kappa shape index (κ3) is 2.34. The van der Waals surface area contributed by atoms with E-state index in [4.69, 9.17) is 0 Å². The maximum atomic E-state index is 4.60. The minimum Gasteiger partial charge on any atom is -0.341 e. The zero-order chi connectivity index (χ0) is 14.1. The number of hydrogen-bond acceptors (Lipinski definition) is 2. The van der Waals surface area contributed by atoms with Crippen LogP contribution in [0.1, 0.15) is 31.1 Å². The van der Waals surface area contributed by atoms with E-state index in [9.17, 15) is 0 Å². The summed E-state index contributed by atoms with van der Waals surface area (Å²) in [4.78, 5) is 8.12. The Hall–Kier alpha value is -2.13. The van der Waals surface area contributed by atoms with Crippen molar-refractivity contribution in [1.82, 2.24) is 15.3 Å². The summed E-state index contributed by atoms with van der Waals surface area (Å²) in [6, 6.07) is 15.3. The fraction of sp³-hybridized carbons (Fsp3) is 0.278. The van der Waals surface area contributed by atoms with Gasteiger partial charge in [-0.3, -0.25) is 0 Å². The van der Waals surface area contributed by atoms with Gasteiger partial charge in [0.05, 0.1) is 17.9 Å². The van der Waals surface area contributed by atoms with Crippen LogP contribution >= 0.6 is 0 Å². The van der Waals surface area contributed by atoms with E-state index in [1.165, 1.54) is 35.6 Å². The van der Waals surface area contributed by atoms with Crippen LogP contribution in [0.2, 0.25) is 0 Å². The van der Waals surface area contributed by atoms with Gasteiger partial charge in [0.1, 0.15) is 5.82 Å². The fourth-order valence-electron chi connectivity index (χ4n) is 3.20. The third-order valence-corrected chi connectivity index (χ3v) is 4.32. The van der Waals surface area contributed by atoms with E-state index in [0.29, 0.717) is 6.04 Å². The van der Waals surface area contributed by atoms with Crippen LogP contribution in [0.5, 0.6) is 0 Å². The predicted molar refractivity (Wildman–Crippen MR) is 86.1 cm³/mol. The Labute approximate surface area is 124 Å². The van der Waals surface area contributed by atoms with Crippen molar-refractivity contribution in [1.29, 1.82) is 0 Å². The number of hydrogen-bond donors (Lipinski definition) is 2. The van der Waals surface area contributed by atoms with Crippen LogP contribution in [0.3, 0.4) is 0 Å². The van der Waals surface area contributed by atoms with E-state index in [1.807, 2.05) is 6.20 Å². The third-order valence-electron chi connectivity index (χ3n) is 4.32. The quantitative estimate of drug-likeness (QED) is 0.742. The van der Waals surface area contributed by atoms with Crippen molar-refractivity contribution in [3.05, 3.63) is 54.5 Å². The first-order valence-electron chi connectivity index (χ1n) is 7.68. The van der Waals surface area contributed by atoms with Crippen molar-refractivity contribution >= 4 is 10.8 Å². The standard InChI is InChI=1S/C18H19N3/c1-2-8-14-13(6-1)7-5-9-15(14)17-12-20-18(21-17)16-10-3-4-11-19-16/h1-2,5-9,12,16,19H,3-4,10-11H2,(H,20,21). The van der Waals surface area contributed by atoms with E-state index in [0.717, 1.165) is 18.1 Å². The number of piperidine rings is 1. The summed E-state index contributed by atoms with van der Waals surface area (Å²) in [5.41, 5.74) is 2.33. The highest BCUT2D eigenvalue weighted by molar-refractivity contribution is 5.95. The molecule has 2 heterocycles. The Balaban J connectivity index is 1.74. The zero-order valence-electron chi connectivity index (χ0n) is 12.0. The summed E-state index contributed by atoms with van der Waals surface area (Å²) in [6.45, 7) is 1.09. The Kier molecular flexibility index (Phi) is 3.20. The molecule has 1 aromatic heterocycles. The Bertz CT molecular complexity index is 749. The van der Waals surface area contributed by atoms with Gasteiger partial charge in [-0.2, -0.15) is 0 Å². The van der Waals surface area contributed by atoms with Crippen LogP contribution in [0.15, 0.2) is 48.7 Å². The average Bonchev–Trinajstić information content (AvgIpc) is 3.05. The van der Waals surface area contributed by atoms with Crippen LogP contribution < -0.4 is 5.32 Å². The van der Waals surface area contributed by atoms with Gasteiger partial charge in [0.15, 0.2) is 0 Å². The molecule has 1 saturated heterocycles. The SMILES string of the molecule is c1ccc2c(-c3cnc(C4CCCCN4)[nH]3)cccc2c1. The lowest BCUT2D eigenvalue weighted by atomic mass is 10.0. The summed E-state index contributed by atoms with van der Waals surface area (Å²) in [5, 5.41) is 6.08. The molecule has 0 amide bonds. The number of imidazole rings is 1. The van der Waals surface area contributed by atoms with Gasteiger partial charge in [-0.25, -0.2) is 4.98 Å². The van der Waals surface area contributed by atoms with Crippen molar-refractivity contribution in [2.75, 3.05) is 6.54 Å². The summed E-state index contributed by atoms with van der Waals surface area (Å²) < 4.78 is 0. The van der Waals surface area contributed by atoms with Crippen LogP contribution in [-0.4, -0.2) is 16.5 Å². The first-order valence-corrected chi connectivity index (χ1v) is 7.68. The number of aromatic amines is 1. The lowest BCUT2D eigenvalue weighted by molar-refractivity contribution is 0.399. The molecule has 3 heteroatoms. The summed E-state index contributed by atoms with van der Waals surface area (Å²) >= 11 is 0. The summed E-state index contributed by atoms with van der Waals surface area (Å²) in [6.07, 6.45) is 5.69. The fourth-order valence-corrected chi connectivity index (χ4v) is 3.20. The summed E-state index contributed by atoms with van der Waals surface area (Å²) in [5.74, 6) is 1.07. The van der Waals surface area contributed by atoms with E-state index < -0.39 is 0 Å². The Morgan fingerprint density at radius 2 is 1.90 bits per heavy atom. The molecule has 1 aliphatic rings. The minimum absolute atomic E-state index is 0.377. The monoisotopic (exact) mass is 277 g/mol. The normalized spacial score (nSPS) is 19.0. The lowest BCUT2D eigenvalue weighted by Gasteiger charge is -2.21. The summed E-state index contributed by atoms with van der Waals surface area (Å²) in [7, 11) is 0. The maximum Gasteiger partial charge on any atom is 0.123 e. The van der Waals surface area contributed by atoms with Gasteiger partial charge < -0.3 is 10.3 Å². The van der Waals surface area contributed by atoms with Crippen LogP contribution in [0, 0.1) is 0 Å². The zero-order valence-corrected chi connectivity index (χ0v) is 12.0. The average molecular weight is 277 g/mol. The van der Waals surface area contributed by atoms with E-state index in [-0.39, 0.29) is 0 Å². The highest BCUT2D eigenvalue weighted by Gasteiger charge is 2.18. The van der Waals surface area contributed by atoms with Gasteiger partial charge in [-0.1, -0.05) is 48.9 Å². The molecule has 1 unspecified atom stereocenters. The van der Waals surface area contributed by atoms with Crippen LogP contribution in [0.25, 0.3) is 22.0 Å². The molecule has 21 heavy (non-hydrogen) atoms. The topological polar surface area (TPSA) is 40.7 Å². The molecular weight excluding hydrogens is 258 g/mol. The van der Waals surface area contributed by atoms with Gasteiger partial charge in [0.25, 0.3) is 0 Å². The predicted octanol–water partition coefficient (Wildman–Crippen LogP) is 4.04. The number of fused-ring (bicyclic) bond motifs is 1. The molecule has 4 rings (SSSR count). The van der Waals surface area contributed by atoms with Crippen molar-refractivity contribution in [2.45, 2.75) is 25.3 Å². The minimum atomic E-state index is 0.377. The number of aromatic nitrogens is 2. The second-order valence-corrected chi connectivity index (χ2v) is 5.71. The molecule has 3 nitrogen and oxygen atoms in total. The second-order valence-electron chi connectivity index (χ2n) is 5.71. The van der Waals surface area contributed by atoms with Gasteiger partial charge in [-0.15, -0.1) is 0 Å². The van der Waals surface area contributed by atoms with Crippen LogP contribution in [-0.2, 0) is 0 Å². The molecule has 0 radical (unpaired) electrons. The molecule has 1 atom stereocenters. The maximum absolute atomic E-state index is 4.60. The number of rotatable bonds is 2. The molecule has 2 aromatic carbocycles. The van der Waals surface area contributed by atoms with Crippen LogP contribution in [0.4, 0.5) is 0 Å². The number of nitrogens with zero attached hydrogens (tertiary/aromatic N) is 1. The van der Waals surface area contributed by atoms with E-state index >= 15 is 0 Å². The van der Waals surface area contributed by atoms with Gasteiger partial charge in [-0.05, 0) is 30.2 Å². The number of H-pyrrole nitrogens is 1. The van der Waals surface area contributed by atoms with Crippen molar-refractivity contribution in [3.63, 3.8) is 0 Å². The molecule has 2 N–H and O–H groups in total. The Morgan fingerprint density at radius 3 is 2.81 bits per heavy atom. The molecule has 3 aromatic rings. The van der Waals surface area contributed by atoms with Crippen molar-refractivity contribution in [3.8, 4) is 11.3 Å². The van der Waals surface area contributed by atoms with E-state index in [1.54, 1.807) is 0 Å². The molecule has 1 aliphatic heterocycles. The second kappa shape index (κ2) is 5.34. The first kappa shape index (κ1) is 12.6. The molecule has 0 saturated carbocycles. The molecule has 1 fully saturated rings. The largest absolute Gasteiger partial charge is 0.341 e. The lowest BCUT2D eigenvalue weighted by Crippen LogP contribution is -2.27. The number of benzene rings is 2. The molecule has 0 aliphatic carbocycles. The van der Waals surface area contributed by atoms with Gasteiger partial charge in [0, 0.05) is 5.56 Å². The first-order chi connectivity index (χ1) is 10.4. The molecule has 0 spiro atoms. The molecule has 106 valence electrons. The van der Waals surface area contributed by atoms with Gasteiger partial charge in [0.2, 0.25) is 0 Å². The number of nitrogens with one attached hydrogen (secondary N) is 2. The van der Waals surface area contributed by atoms with Gasteiger partial charge >= 0.3 is 0 Å². The molecular formula is C18H19N3. The highest BCUT2D eigenvalue weighted by Crippen LogP contribution is 2.29.